The van der Waals surface area contributed by atoms with Gasteiger partial charge in [0, 0.05) is 22.1 Å². The maximum Gasteiger partial charge on any atom is 0.328 e. The van der Waals surface area contributed by atoms with Crippen LogP contribution in [0.25, 0.3) is 10.9 Å². The number of para-hydroxylation sites is 1. The summed E-state index contributed by atoms with van der Waals surface area (Å²) in [5.74, 6) is -2.06. The van der Waals surface area contributed by atoms with Gasteiger partial charge in [0.2, 0.25) is 0 Å². The van der Waals surface area contributed by atoms with Crippen molar-refractivity contribution in [3.05, 3.63) is 101 Å². The van der Waals surface area contributed by atoms with E-state index in [1.807, 2.05) is 54.6 Å². The van der Waals surface area contributed by atoms with Gasteiger partial charge in [-0.3, -0.25) is 19.8 Å². The molecule has 1 heterocycles. The van der Waals surface area contributed by atoms with Gasteiger partial charge in [0.1, 0.15) is 5.69 Å². The highest BCUT2D eigenvalue weighted by molar-refractivity contribution is 9.10. The zero-order valence-corrected chi connectivity index (χ0v) is 19.1. The van der Waals surface area contributed by atoms with Crippen molar-refractivity contribution >= 4 is 50.2 Å². The Labute approximate surface area is 198 Å². The van der Waals surface area contributed by atoms with E-state index >= 15 is 0 Å². The highest BCUT2D eigenvalue weighted by Gasteiger charge is 2.21. The number of hydrogen-bond acceptors (Lipinski definition) is 3. The Bertz CT molecular complexity index is 1300. The van der Waals surface area contributed by atoms with Crippen LogP contribution >= 0.6 is 15.9 Å². The van der Waals surface area contributed by atoms with Gasteiger partial charge < -0.3 is 10.6 Å². The average molecular weight is 505 g/mol. The molecule has 3 amide bonds. The molecule has 8 heteroatoms. The minimum Gasteiger partial charge on any atom is -0.347 e. The zero-order chi connectivity index (χ0) is 23.2. The van der Waals surface area contributed by atoms with E-state index in [4.69, 9.17) is 0 Å². The molecule has 0 radical (unpaired) electrons. The minimum absolute atomic E-state index is 0.192. The number of aromatic nitrogens is 1. The topological polar surface area (TPSA) is 92.2 Å². The maximum atomic E-state index is 13.0. The molecular weight excluding hydrogens is 484 g/mol. The predicted octanol–water partition coefficient (Wildman–Crippen LogP) is 4.09. The normalized spacial score (nSPS) is 10.6. The number of rotatable bonds is 6. The van der Waals surface area contributed by atoms with Gasteiger partial charge in [-0.2, -0.15) is 0 Å². The number of anilines is 1. The van der Waals surface area contributed by atoms with Crippen LogP contribution in [0.3, 0.4) is 0 Å². The lowest BCUT2D eigenvalue weighted by molar-refractivity contribution is -0.136. The van der Waals surface area contributed by atoms with E-state index in [0.717, 1.165) is 15.4 Å². The first-order valence-corrected chi connectivity index (χ1v) is 11.1. The van der Waals surface area contributed by atoms with Crippen molar-refractivity contribution in [3.8, 4) is 0 Å². The Morgan fingerprint density at radius 3 is 2.24 bits per heavy atom. The van der Waals surface area contributed by atoms with Gasteiger partial charge in [-0.1, -0.05) is 64.5 Å². The van der Waals surface area contributed by atoms with Crippen molar-refractivity contribution in [3.63, 3.8) is 0 Å². The average Bonchev–Trinajstić information content (AvgIpc) is 3.17. The van der Waals surface area contributed by atoms with Crippen LogP contribution in [0.5, 0.6) is 0 Å². The summed E-state index contributed by atoms with van der Waals surface area (Å²) in [5.41, 5.74) is 5.01. The number of nitrogens with one attached hydrogen (secondary N) is 3. The summed E-state index contributed by atoms with van der Waals surface area (Å²) in [6.45, 7) is 0.316. The van der Waals surface area contributed by atoms with Crippen LogP contribution in [-0.2, 0) is 16.0 Å². The van der Waals surface area contributed by atoms with Crippen LogP contribution in [0.1, 0.15) is 16.1 Å². The predicted molar refractivity (Wildman–Crippen MR) is 132 cm³/mol. The highest BCUT2D eigenvalue weighted by Crippen LogP contribution is 2.24. The second kappa shape index (κ2) is 10.1. The van der Waals surface area contributed by atoms with Crippen LogP contribution in [0.2, 0.25) is 0 Å². The third-order valence-electron chi connectivity index (χ3n) is 4.99. The number of benzene rings is 3. The van der Waals surface area contributed by atoms with Crippen molar-refractivity contribution in [2.45, 2.75) is 6.42 Å². The smallest absolute Gasteiger partial charge is 0.328 e. The fourth-order valence-corrected chi connectivity index (χ4v) is 3.77. The van der Waals surface area contributed by atoms with E-state index in [2.05, 4.69) is 32.0 Å². The molecule has 3 N–H and O–H groups in total. The molecule has 33 heavy (non-hydrogen) atoms. The van der Waals surface area contributed by atoms with E-state index in [0.29, 0.717) is 24.2 Å². The lowest BCUT2D eigenvalue weighted by Gasteiger charge is -2.13. The van der Waals surface area contributed by atoms with Gasteiger partial charge in [0.15, 0.2) is 0 Å². The Morgan fingerprint density at radius 1 is 0.818 bits per heavy atom. The summed E-state index contributed by atoms with van der Waals surface area (Å²) in [4.78, 5) is 38.0. The molecule has 0 atom stereocenters. The molecule has 0 fully saturated rings. The van der Waals surface area contributed by atoms with Crippen LogP contribution in [0.4, 0.5) is 5.69 Å². The monoisotopic (exact) mass is 504 g/mol. The molecule has 4 rings (SSSR count). The molecule has 0 unspecified atom stereocenters. The Hall–Kier alpha value is -3.91. The van der Waals surface area contributed by atoms with Gasteiger partial charge in [-0.05, 0) is 48.4 Å². The van der Waals surface area contributed by atoms with E-state index in [1.165, 1.54) is 4.68 Å². The van der Waals surface area contributed by atoms with E-state index in [1.54, 1.807) is 30.3 Å². The van der Waals surface area contributed by atoms with Gasteiger partial charge >= 0.3 is 11.8 Å². The summed E-state index contributed by atoms with van der Waals surface area (Å²) in [6.07, 6.45) is 0.602. The van der Waals surface area contributed by atoms with Crippen molar-refractivity contribution in [1.29, 1.82) is 0 Å². The molecule has 0 bridgehead atoms. The van der Waals surface area contributed by atoms with Gasteiger partial charge in [-0.25, -0.2) is 4.68 Å². The molecule has 4 aromatic rings. The van der Waals surface area contributed by atoms with E-state index in [9.17, 15) is 14.4 Å². The van der Waals surface area contributed by atoms with Crippen LogP contribution < -0.4 is 16.1 Å². The summed E-state index contributed by atoms with van der Waals surface area (Å²) >= 11 is 3.42. The number of hydrogen-bond donors (Lipinski definition) is 3. The number of fused-ring (bicyclic) bond motifs is 1. The molecule has 0 aliphatic heterocycles. The van der Waals surface area contributed by atoms with Crippen molar-refractivity contribution in [1.82, 2.24) is 9.99 Å². The first-order chi connectivity index (χ1) is 16.0. The quantitative estimate of drug-likeness (QED) is 0.345. The molecule has 0 saturated heterocycles. The highest BCUT2D eigenvalue weighted by atomic mass is 79.9. The lowest BCUT2D eigenvalue weighted by atomic mass is 10.1. The first-order valence-electron chi connectivity index (χ1n) is 10.3. The molecule has 3 aromatic carbocycles. The number of halogens is 1. The minimum atomic E-state index is -0.864. The van der Waals surface area contributed by atoms with Gasteiger partial charge in [0.25, 0.3) is 5.91 Å². The summed E-state index contributed by atoms with van der Waals surface area (Å²) < 4.78 is 2.16. The molecule has 0 aliphatic carbocycles. The van der Waals surface area contributed by atoms with Crippen molar-refractivity contribution in [2.75, 3.05) is 17.3 Å². The Morgan fingerprint density at radius 2 is 1.52 bits per heavy atom. The van der Waals surface area contributed by atoms with E-state index in [-0.39, 0.29) is 5.69 Å². The van der Waals surface area contributed by atoms with E-state index < -0.39 is 17.7 Å². The number of amides is 3. The second-order valence-electron chi connectivity index (χ2n) is 7.32. The summed E-state index contributed by atoms with van der Waals surface area (Å²) in [6, 6.07) is 25.7. The molecule has 0 saturated carbocycles. The molecule has 1 aromatic heterocycles. The molecule has 166 valence electrons. The molecule has 7 nitrogen and oxygen atoms in total. The Kier molecular flexibility index (Phi) is 6.85. The number of nitrogens with zero attached hydrogens (tertiary/aromatic N) is 1. The van der Waals surface area contributed by atoms with Gasteiger partial charge in [-0.15, -0.1) is 0 Å². The SMILES string of the molecule is O=C(NCCc1ccccc1)C(=O)Nn1c(C(=O)Nc2ccccc2)cc2cc(Br)ccc21. The molecule has 0 spiro atoms. The Balaban J connectivity index is 1.51. The zero-order valence-electron chi connectivity index (χ0n) is 17.5. The third kappa shape index (κ3) is 5.48. The molecular formula is C25H21BrN4O3. The second-order valence-corrected chi connectivity index (χ2v) is 8.24. The van der Waals surface area contributed by atoms with Crippen molar-refractivity contribution in [2.24, 2.45) is 0 Å². The summed E-state index contributed by atoms with van der Waals surface area (Å²) in [7, 11) is 0. The van der Waals surface area contributed by atoms with Crippen molar-refractivity contribution < 1.29 is 14.4 Å². The van der Waals surface area contributed by atoms with Crippen LogP contribution in [0.15, 0.2) is 89.4 Å². The fourth-order valence-electron chi connectivity index (χ4n) is 3.39. The van der Waals surface area contributed by atoms with Gasteiger partial charge in [0.05, 0.1) is 5.52 Å². The largest absolute Gasteiger partial charge is 0.347 e. The number of carbonyl (C=O) groups is 3. The fraction of sp³-hybridized carbons (Fsp3) is 0.0800. The number of carbonyl (C=O) groups excluding carboxylic acids is 3. The van der Waals surface area contributed by atoms with Crippen LogP contribution in [-0.4, -0.2) is 28.9 Å². The maximum absolute atomic E-state index is 13.0. The lowest BCUT2D eigenvalue weighted by Crippen LogP contribution is -2.40. The van der Waals surface area contributed by atoms with Crippen LogP contribution in [0, 0.1) is 0 Å². The third-order valence-corrected chi connectivity index (χ3v) is 5.48. The first kappa shape index (κ1) is 22.3. The summed E-state index contributed by atoms with van der Waals surface area (Å²) in [5, 5.41) is 6.15. The standard InChI is InChI=1S/C25H21BrN4O3/c26-19-11-12-21-18(15-19)16-22(23(31)28-20-9-5-2-6-10-20)30(21)29-25(33)24(32)27-14-13-17-7-3-1-4-8-17/h1-12,15-16H,13-14H2,(H,27,32)(H,28,31)(H,29,33). The molecule has 0 aliphatic rings.